The van der Waals surface area contributed by atoms with Gasteiger partial charge in [-0.25, -0.2) is 4.98 Å². The second-order valence-corrected chi connectivity index (χ2v) is 11.9. The number of fused-ring (bicyclic) bond motifs is 1. The van der Waals surface area contributed by atoms with E-state index in [9.17, 15) is 5.11 Å². The molecule has 1 saturated carbocycles. The van der Waals surface area contributed by atoms with Crippen molar-refractivity contribution in [1.29, 1.82) is 0 Å². The van der Waals surface area contributed by atoms with Crippen molar-refractivity contribution < 1.29 is 5.11 Å². The Morgan fingerprint density at radius 2 is 1.71 bits per heavy atom. The van der Waals surface area contributed by atoms with Gasteiger partial charge in [0, 0.05) is 10.4 Å². The molecule has 1 aromatic heterocycles. The lowest BCUT2D eigenvalue weighted by Crippen LogP contribution is -2.18. The maximum absolute atomic E-state index is 10.4. The lowest BCUT2D eigenvalue weighted by molar-refractivity contribution is 0.0776. The van der Waals surface area contributed by atoms with Gasteiger partial charge in [0.05, 0.1) is 16.8 Å². The predicted octanol–water partition coefficient (Wildman–Crippen LogP) is 9.18. The van der Waals surface area contributed by atoms with Gasteiger partial charge in [-0.1, -0.05) is 85.3 Å². The van der Waals surface area contributed by atoms with Gasteiger partial charge in [-0.15, -0.1) is 0 Å². The van der Waals surface area contributed by atoms with Gasteiger partial charge in [0.2, 0.25) is 0 Å². The van der Waals surface area contributed by atoms with Crippen LogP contribution in [-0.2, 0) is 18.4 Å². The number of aromatic nitrogens is 1. The topological polar surface area (TPSA) is 33.1 Å². The minimum Gasteiger partial charge on any atom is -0.386 e. The number of thiol groups is 1. The second kappa shape index (κ2) is 12.5. The molecule has 1 heterocycles. The molecule has 0 aliphatic heterocycles. The summed E-state index contributed by atoms with van der Waals surface area (Å²) in [5.41, 5.74) is 6.36. The number of aryl methyl sites for hydroxylation is 2. The van der Waals surface area contributed by atoms with Crippen LogP contribution in [-0.4, -0.2) is 15.8 Å². The number of nitrogens with zero attached hydrogens (tertiary/aromatic N) is 1. The first kappa shape index (κ1) is 28.4. The largest absolute Gasteiger partial charge is 0.386 e. The molecule has 0 saturated heterocycles. The van der Waals surface area contributed by atoms with Crippen molar-refractivity contribution in [3.8, 4) is 0 Å². The Hall–Kier alpha value is -2.59. The van der Waals surface area contributed by atoms with E-state index in [1.54, 1.807) is 0 Å². The average molecular weight is 544 g/mol. The highest BCUT2D eigenvalue weighted by molar-refractivity contribution is 7.80. The molecule has 2 nitrogen and oxygen atoms in total. The fourth-order valence-corrected chi connectivity index (χ4v) is 4.91. The van der Waals surface area contributed by atoms with Crippen molar-refractivity contribution in [1.82, 2.24) is 4.98 Å². The normalized spacial score (nSPS) is 14.4. The Labute approximate surface area is 238 Å². The molecule has 0 spiro atoms. The van der Waals surface area contributed by atoms with Crippen molar-refractivity contribution in [2.45, 2.75) is 58.5 Å². The van der Waals surface area contributed by atoms with E-state index in [2.05, 4.69) is 62.0 Å². The molecule has 1 fully saturated rings. The molecule has 3 aromatic carbocycles. The van der Waals surface area contributed by atoms with E-state index in [0.717, 1.165) is 52.7 Å². The molecule has 4 aromatic rings. The van der Waals surface area contributed by atoms with Gasteiger partial charge < -0.3 is 5.11 Å². The van der Waals surface area contributed by atoms with Crippen molar-refractivity contribution >= 4 is 47.3 Å². The molecule has 38 heavy (non-hydrogen) atoms. The van der Waals surface area contributed by atoms with Crippen LogP contribution in [0.5, 0.6) is 0 Å². The third kappa shape index (κ3) is 8.20. The van der Waals surface area contributed by atoms with E-state index >= 15 is 0 Å². The summed E-state index contributed by atoms with van der Waals surface area (Å²) in [4.78, 5) is 4.69. The number of pyridine rings is 1. The highest BCUT2D eigenvalue weighted by Crippen LogP contribution is 2.45. The van der Waals surface area contributed by atoms with Crippen molar-refractivity contribution in [3.05, 3.63) is 112 Å². The smallest absolute Gasteiger partial charge is 0.0843 e. The van der Waals surface area contributed by atoms with E-state index in [1.807, 2.05) is 62.4 Å². The second-order valence-electron chi connectivity index (χ2n) is 11.2. The molecule has 0 radical (unpaired) electrons. The fraction of sp³-hybridized carbons (Fsp3) is 0.324. The number of halogens is 1. The lowest BCUT2D eigenvalue weighted by atomic mass is 9.90. The average Bonchev–Trinajstić information content (AvgIpc) is 3.65. The quantitative estimate of drug-likeness (QED) is 0.217. The van der Waals surface area contributed by atoms with E-state index in [0.29, 0.717) is 10.4 Å². The van der Waals surface area contributed by atoms with Crippen LogP contribution in [0.1, 0.15) is 68.0 Å². The van der Waals surface area contributed by atoms with Crippen LogP contribution < -0.4 is 0 Å². The molecule has 0 atom stereocenters. The van der Waals surface area contributed by atoms with Crippen molar-refractivity contribution in [3.63, 3.8) is 0 Å². The number of benzene rings is 3. The fourth-order valence-electron chi connectivity index (χ4n) is 4.42. The number of hydrogen-bond acceptors (Lipinski definition) is 3. The number of aliphatic hydroxyl groups is 1. The SMILES string of the molecule is CC(C)(O)c1ccccc1CCCc1cccc(/C=C/c2ccc3ccc(Cl)cc3n2)c1.CC1(CS)CC1. The molecule has 0 bridgehead atoms. The Bertz CT molecular complexity index is 1400. The van der Waals surface area contributed by atoms with Crippen LogP contribution in [0.4, 0.5) is 0 Å². The summed E-state index contributed by atoms with van der Waals surface area (Å²) < 4.78 is 0. The van der Waals surface area contributed by atoms with Crippen LogP contribution in [0.2, 0.25) is 5.02 Å². The maximum atomic E-state index is 10.4. The standard InChI is InChI=1S/C29H28ClNO.C5H10S/c1-29(2,32)27-12-4-3-10-23(27)11-6-9-21-7-5-8-22(19-21)13-17-26-18-15-24-14-16-25(30)20-28(24)31-26;1-5(4-6)2-3-5/h3-5,7-8,10,12-20,32H,6,9,11H2,1-2H3;6H,2-4H2,1H3/b17-13+;. The summed E-state index contributed by atoms with van der Waals surface area (Å²) in [7, 11) is 0. The Morgan fingerprint density at radius 1 is 0.947 bits per heavy atom. The predicted molar refractivity (Wildman–Crippen MR) is 167 cm³/mol. The van der Waals surface area contributed by atoms with Gasteiger partial charge in [-0.3, -0.25) is 0 Å². The van der Waals surface area contributed by atoms with E-state index in [4.69, 9.17) is 16.6 Å². The molecular weight excluding hydrogens is 506 g/mol. The monoisotopic (exact) mass is 543 g/mol. The molecule has 1 aliphatic carbocycles. The van der Waals surface area contributed by atoms with Gasteiger partial charge >= 0.3 is 0 Å². The van der Waals surface area contributed by atoms with E-state index < -0.39 is 5.60 Å². The Morgan fingerprint density at radius 3 is 2.42 bits per heavy atom. The zero-order valence-corrected chi connectivity index (χ0v) is 24.3. The van der Waals surface area contributed by atoms with Crippen LogP contribution in [0.3, 0.4) is 0 Å². The van der Waals surface area contributed by atoms with Crippen molar-refractivity contribution in [2.24, 2.45) is 5.41 Å². The zero-order valence-electron chi connectivity index (χ0n) is 22.6. The summed E-state index contributed by atoms with van der Waals surface area (Å²) in [6, 6.07) is 26.7. The van der Waals surface area contributed by atoms with Crippen LogP contribution >= 0.6 is 24.2 Å². The molecule has 1 aliphatic rings. The van der Waals surface area contributed by atoms with Gasteiger partial charge in [0.15, 0.2) is 0 Å². The zero-order chi connectivity index (χ0) is 27.2. The lowest BCUT2D eigenvalue weighted by Gasteiger charge is -2.21. The summed E-state index contributed by atoms with van der Waals surface area (Å²) in [6.45, 7) is 5.97. The van der Waals surface area contributed by atoms with Crippen molar-refractivity contribution in [2.75, 3.05) is 5.75 Å². The van der Waals surface area contributed by atoms with Crippen LogP contribution in [0.25, 0.3) is 23.1 Å². The third-order valence-electron chi connectivity index (χ3n) is 7.15. The minimum atomic E-state index is -0.816. The summed E-state index contributed by atoms with van der Waals surface area (Å²) >= 11 is 10.3. The molecular formula is C34H38ClNOS. The molecule has 0 amide bonds. The van der Waals surface area contributed by atoms with Gasteiger partial charge in [0.1, 0.15) is 0 Å². The highest BCUT2D eigenvalue weighted by atomic mass is 35.5. The molecule has 198 valence electrons. The van der Waals surface area contributed by atoms with E-state index in [1.165, 1.54) is 24.0 Å². The molecule has 5 rings (SSSR count). The van der Waals surface area contributed by atoms with Gasteiger partial charge in [0.25, 0.3) is 0 Å². The Balaban J connectivity index is 0.000000494. The highest BCUT2D eigenvalue weighted by Gasteiger charge is 2.35. The molecule has 0 unspecified atom stereocenters. The molecule has 4 heteroatoms. The first-order chi connectivity index (χ1) is 18.1. The third-order valence-corrected chi connectivity index (χ3v) is 8.15. The first-order valence-electron chi connectivity index (χ1n) is 13.4. The summed E-state index contributed by atoms with van der Waals surface area (Å²) in [6.07, 6.45) is 9.92. The first-order valence-corrected chi connectivity index (χ1v) is 14.4. The van der Waals surface area contributed by atoms with Crippen LogP contribution in [0, 0.1) is 5.41 Å². The summed E-state index contributed by atoms with van der Waals surface area (Å²) in [5.74, 6) is 1.08. The summed E-state index contributed by atoms with van der Waals surface area (Å²) in [5, 5.41) is 12.2. The molecule has 1 N–H and O–H groups in total. The van der Waals surface area contributed by atoms with Crippen LogP contribution in [0.15, 0.2) is 78.9 Å². The minimum absolute atomic E-state index is 0.656. The van der Waals surface area contributed by atoms with Gasteiger partial charge in [-0.2, -0.15) is 12.6 Å². The number of rotatable bonds is 8. The van der Waals surface area contributed by atoms with Gasteiger partial charge in [-0.05, 0) is 104 Å². The Kier molecular flexibility index (Phi) is 9.36. The maximum Gasteiger partial charge on any atom is 0.0843 e. The number of hydrogen-bond donors (Lipinski definition) is 2. The van der Waals surface area contributed by atoms with E-state index in [-0.39, 0.29) is 0 Å².